The molecule has 0 aliphatic carbocycles. The lowest BCUT2D eigenvalue weighted by Crippen LogP contribution is -2.26. The van der Waals surface area contributed by atoms with Gasteiger partial charge in [0.2, 0.25) is 0 Å². The molecule has 0 radical (unpaired) electrons. The van der Waals surface area contributed by atoms with E-state index in [9.17, 15) is 0 Å². The van der Waals surface area contributed by atoms with Crippen LogP contribution < -0.4 is 10.2 Å². The molecule has 4 nitrogen and oxygen atoms in total. The van der Waals surface area contributed by atoms with Gasteiger partial charge in [0.15, 0.2) is 0 Å². The van der Waals surface area contributed by atoms with Crippen molar-refractivity contribution < 1.29 is 0 Å². The fraction of sp³-hybridized carbons (Fsp3) is 0.733. The maximum Gasteiger partial charge on any atom is 0.134 e. The van der Waals surface area contributed by atoms with E-state index in [4.69, 9.17) is 0 Å². The first-order chi connectivity index (χ1) is 8.94. The summed E-state index contributed by atoms with van der Waals surface area (Å²) in [7, 11) is 1.91. The molecule has 0 amide bonds. The van der Waals surface area contributed by atoms with Crippen LogP contribution in [-0.2, 0) is 6.42 Å². The predicted molar refractivity (Wildman–Crippen MR) is 80.7 cm³/mol. The zero-order valence-corrected chi connectivity index (χ0v) is 12.8. The lowest BCUT2D eigenvalue weighted by Gasteiger charge is -2.27. The van der Waals surface area contributed by atoms with Crippen molar-refractivity contribution in [1.82, 2.24) is 9.97 Å². The summed E-state index contributed by atoms with van der Waals surface area (Å²) in [6.45, 7) is 11.3. The highest BCUT2D eigenvalue weighted by Crippen LogP contribution is 2.35. The van der Waals surface area contributed by atoms with Gasteiger partial charge in [0.05, 0.1) is 0 Å². The molecular formula is C15H26N4. The third-order valence-electron chi connectivity index (χ3n) is 4.07. The molecule has 19 heavy (non-hydrogen) atoms. The molecule has 2 rings (SSSR count). The Bertz CT molecular complexity index is 414. The highest BCUT2D eigenvalue weighted by atomic mass is 15.2. The van der Waals surface area contributed by atoms with Crippen molar-refractivity contribution in [3.05, 3.63) is 11.9 Å². The van der Waals surface area contributed by atoms with Gasteiger partial charge in [-0.15, -0.1) is 0 Å². The van der Waals surface area contributed by atoms with Gasteiger partial charge in [0.25, 0.3) is 0 Å². The normalized spacial score (nSPS) is 19.8. The summed E-state index contributed by atoms with van der Waals surface area (Å²) in [6.07, 6.45) is 2.13. The summed E-state index contributed by atoms with van der Waals surface area (Å²) in [6, 6.07) is 2.06. The number of aryl methyl sites for hydroxylation is 1. The smallest absolute Gasteiger partial charge is 0.134 e. The van der Waals surface area contributed by atoms with E-state index in [2.05, 4.69) is 53.9 Å². The highest BCUT2D eigenvalue weighted by molar-refractivity contribution is 5.50. The van der Waals surface area contributed by atoms with E-state index in [-0.39, 0.29) is 0 Å². The Labute approximate surface area is 116 Å². The Morgan fingerprint density at radius 1 is 1.37 bits per heavy atom. The number of aromatic nitrogens is 2. The van der Waals surface area contributed by atoms with Gasteiger partial charge in [-0.05, 0) is 17.8 Å². The Kier molecular flexibility index (Phi) is 3.97. The summed E-state index contributed by atoms with van der Waals surface area (Å²) in [5.74, 6) is 3.65. The van der Waals surface area contributed by atoms with Gasteiger partial charge in [-0.25, -0.2) is 9.97 Å². The van der Waals surface area contributed by atoms with E-state index >= 15 is 0 Å². The minimum absolute atomic E-state index is 0.376. The molecule has 1 aromatic heterocycles. The molecule has 1 aromatic rings. The van der Waals surface area contributed by atoms with Crippen LogP contribution in [0.25, 0.3) is 0 Å². The molecule has 4 heteroatoms. The SMILES string of the molecule is CCc1nc(NC)cc(N2CCC(C(C)(C)C)C2)n1. The topological polar surface area (TPSA) is 41.1 Å². The van der Waals surface area contributed by atoms with Crippen LogP contribution in [0.3, 0.4) is 0 Å². The molecule has 0 saturated carbocycles. The quantitative estimate of drug-likeness (QED) is 0.909. The maximum atomic E-state index is 4.67. The Morgan fingerprint density at radius 2 is 2.11 bits per heavy atom. The molecule has 0 spiro atoms. The number of nitrogens with zero attached hydrogens (tertiary/aromatic N) is 3. The molecule has 1 N–H and O–H groups in total. The van der Waals surface area contributed by atoms with Gasteiger partial charge in [-0.3, -0.25) is 0 Å². The lowest BCUT2D eigenvalue weighted by atomic mass is 9.80. The minimum Gasteiger partial charge on any atom is -0.373 e. The minimum atomic E-state index is 0.376. The van der Waals surface area contributed by atoms with Crippen molar-refractivity contribution in [3.63, 3.8) is 0 Å². The standard InChI is InChI=1S/C15H26N4/c1-6-12-17-13(16-5)9-14(18-12)19-8-7-11(10-19)15(2,3)4/h9,11H,6-8,10H2,1-5H3,(H,16,17,18). The molecule has 0 aromatic carbocycles. The Balaban J connectivity index is 2.19. The van der Waals surface area contributed by atoms with Crippen LogP contribution in [0.2, 0.25) is 0 Å². The van der Waals surface area contributed by atoms with Crippen molar-refractivity contribution >= 4 is 11.6 Å². The van der Waals surface area contributed by atoms with E-state index in [1.165, 1.54) is 6.42 Å². The summed E-state index contributed by atoms with van der Waals surface area (Å²) < 4.78 is 0. The Morgan fingerprint density at radius 3 is 2.63 bits per heavy atom. The van der Waals surface area contributed by atoms with Crippen LogP contribution in [0.1, 0.15) is 39.9 Å². The van der Waals surface area contributed by atoms with Gasteiger partial charge in [-0.2, -0.15) is 0 Å². The van der Waals surface area contributed by atoms with Gasteiger partial charge in [-0.1, -0.05) is 27.7 Å². The number of nitrogens with one attached hydrogen (secondary N) is 1. The monoisotopic (exact) mass is 262 g/mol. The molecule has 106 valence electrons. The number of anilines is 2. The van der Waals surface area contributed by atoms with Crippen molar-refractivity contribution in [2.24, 2.45) is 11.3 Å². The first kappa shape index (κ1) is 14.1. The van der Waals surface area contributed by atoms with Crippen LogP contribution in [0, 0.1) is 11.3 Å². The molecule has 1 aliphatic heterocycles. The zero-order valence-electron chi connectivity index (χ0n) is 12.8. The van der Waals surface area contributed by atoms with Gasteiger partial charge >= 0.3 is 0 Å². The Hall–Kier alpha value is -1.32. The molecule has 1 unspecified atom stereocenters. The van der Waals surface area contributed by atoms with Crippen molar-refractivity contribution in [1.29, 1.82) is 0 Å². The maximum absolute atomic E-state index is 4.67. The van der Waals surface area contributed by atoms with E-state index in [0.717, 1.165) is 42.9 Å². The van der Waals surface area contributed by atoms with E-state index in [1.807, 2.05) is 7.05 Å². The largest absolute Gasteiger partial charge is 0.373 e. The second-order valence-electron chi connectivity index (χ2n) is 6.43. The van der Waals surface area contributed by atoms with Crippen LogP contribution in [-0.4, -0.2) is 30.1 Å². The molecule has 1 fully saturated rings. The average Bonchev–Trinajstić information content (AvgIpc) is 2.87. The lowest BCUT2D eigenvalue weighted by molar-refractivity contribution is 0.263. The summed E-state index contributed by atoms with van der Waals surface area (Å²) >= 11 is 0. The average molecular weight is 262 g/mol. The molecule has 1 saturated heterocycles. The molecule has 0 bridgehead atoms. The third kappa shape index (κ3) is 3.17. The fourth-order valence-corrected chi connectivity index (χ4v) is 2.61. The van der Waals surface area contributed by atoms with Crippen molar-refractivity contribution in [2.75, 3.05) is 30.4 Å². The second kappa shape index (κ2) is 5.35. The van der Waals surface area contributed by atoms with E-state index in [1.54, 1.807) is 0 Å². The van der Waals surface area contributed by atoms with Crippen LogP contribution in [0.5, 0.6) is 0 Å². The van der Waals surface area contributed by atoms with Crippen LogP contribution >= 0.6 is 0 Å². The van der Waals surface area contributed by atoms with Gasteiger partial charge in [0.1, 0.15) is 17.5 Å². The van der Waals surface area contributed by atoms with Gasteiger partial charge < -0.3 is 10.2 Å². The first-order valence-electron chi connectivity index (χ1n) is 7.24. The third-order valence-corrected chi connectivity index (χ3v) is 4.07. The summed E-state index contributed by atoms with van der Waals surface area (Å²) in [4.78, 5) is 11.5. The highest BCUT2D eigenvalue weighted by Gasteiger charge is 2.32. The number of rotatable bonds is 3. The summed E-state index contributed by atoms with van der Waals surface area (Å²) in [5.41, 5.74) is 0.376. The molecule has 2 heterocycles. The summed E-state index contributed by atoms with van der Waals surface area (Å²) in [5, 5.41) is 3.13. The first-order valence-corrected chi connectivity index (χ1v) is 7.24. The van der Waals surface area contributed by atoms with E-state index in [0.29, 0.717) is 5.41 Å². The predicted octanol–water partition coefficient (Wildman–Crippen LogP) is 2.95. The fourth-order valence-electron chi connectivity index (χ4n) is 2.61. The van der Waals surface area contributed by atoms with Crippen molar-refractivity contribution in [3.8, 4) is 0 Å². The number of hydrogen-bond acceptors (Lipinski definition) is 4. The van der Waals surface area contributed by atoms with Crippen molar-refractivity contribution in [2.45, 2.75) is 40.5 Å². The van der Waals surface area contributed by atoms with E-state index < -0.39 is 0 Å². The van der Waals surface area contributed by atoms with Crippen LogP contribution in [0.4, 0.5) is 11.6 Å². The number of hydrogen-bond donors (Lipinski definition) is 1. The molecule has 1 aliphatic rings. The molecule has 1 atom stereocenters. The van der Waals surface area contributed by atoms with Gasteiger partial charge in [0, 0.05) is 32.6 Å². The van der Waals surface area contributed by atoms with Crippen LogP contribution in [0.15, 0.2) is 6.07 Å². The zero-order chi connectivity index (χ0) is 14.0. The molecular weight excluding hydrogens is 236 g/mol. The second-order valence-corrected chi connectivity index (χ2v) is 6.43.